The standard InChI is InChI=1S/C52H62N2O9/c1-4-27-60-52-47(54(2)48(57)30-35-14-13-18-39(29-35)58-3)34-45(53-63-49-20-9-12-28-59-49)43-32-38(17-7-10-25-55)42(19-8-11-26-56)50(51(43)52)44-33-41(23-24-46(44)62-52)61-40-22-21-36-15-5-6-16-37(36)31-40/h4-6,13-16,18,21-24,29,31-33,38,42,47,49-51,55-56H,1,7-12,17,19-20,25-28,30,34H2,2-3H3. The van der Waals surface area contributed by atoms with Crippen molar-refractivity contribution in [1.82, 2.24) is 4.90 Å². The number of unbranched alkanes of at least 4 members (excludes halogenated alkanes) is 2. The van der Waals surface area contributed by atoms with Gasteiger partial charge in [-0.1, -0.05) is 72.6 Å². The molecule has 1 amide bonds. The first-order valence-corrected chi connectivity index (χ1v) is 22.8. The van der Waals surface area contributed by atoms with Crippen LogP contribution in [0, 0.1) is 17.8 Å². The van der Waals surface area contributed by atoms with Crippen molar-refractivity contribution in [3.05, 3.63) is 120 Å². The molecular weight excluding hydrogens is 797 g/mol. The fraction of sp³-hybridized carbons (Fsp3) is 0.462. The van der Waals surface area contributed by atoms with E-state index in [9.17, 15) is 15.0 Å². The maximum absolute atomic E-state index is 14.6. The lowest BCUT2D eigenvalue weighted by molar-refractivity contribution is -0.255. The van der Waals surface area contributed by atoms with E-state index < -0.39 is 24.0 Å². The molecule has 7 atom stereocenters. The number of oxime groups is 1. The Morgan fingerprint density at radius 3 is 2.49 bits per heavy atom. The molecule has 11 nitrogen and oxygen atoms in total. The second-order valence-corrected chi connectivity index (χ2v) is 17.3. The Hall–Kier alpha value is -5.20. The van der Waals surface area contributed by atoms with Crippen LogP contribution in [0.5, 0.6) is 23.0 Å². The van der Waals surface area contributed by atoms with Crippen LogP contribution in [0.2, 0.25) is 0 Å². The maximum atomic E-state index is 14.6. The highest BCUT2D eigenvalue weighted by Crippen LogP contribution is 2.62. The maximum Gasteiger partial charge on any atom is 0.239 e. The van der Waals surface area contributed by atoms with Crippen LogP contribution in [0.1, 0.15) is 81.3 Å². The number of ether oxygens (including phenoxy) is 5. The largest absolute Gasteiger partial charge is 0.497 e. The zero-order valence-corrected chi connectivity index (χ0v) is 36.7. The van der Waals surface area contributed by atoms with E-state index in [1.807, 2.05) is 61.6 Å². The molecule has 2 N–H and O–H groups in total. The minimum Gasteiger partial charge on any atom is -0.497 e. The number of methoxy groups -OCH3 is 1. The summed E-state index contributed by atoms with van der Waals surface area (Å²) < 4.78 is 32.6. The van der Waals surface area contributed by atoms with Crippen LogP contribution in [0.3, 0.4) is 0 Å². The number of nitrogens with zero attached hydrogens (tertiary/aromatic N) is 2. The van der Waals surface area contributed by atoms with Crippen molar-refractivity contribution in [2.75, 3.05) is 40.6 Å². The lowest BCUT2D eigenvalue weighted by atomic mass is 9.55. The molecule has 2 aliphatic carbocycles. The fourth-order valence-electron chi connectivity index (χ4n) is 10.3. The van der Waals surface area contributed by atoms with Crippen LogP contribution in [0.15, 0.2) is 114 Å². The highest BCUT2D eigenvalue weighted by atomic mass is 16.8. The van der Waals surface area contributed by atoms with Gasteiger partial charge in [-0.3, -0.25) is 4.79 Å². The third-order valence-electron chi connectivity index (χ3n) is 13.4. The van der Waals surface area contributed by atoms with Crippen molar-refractivity contribution < 1.29 is 43.5 Å². The van der Waals surface area contributed by atoms with Gasteiger partial charge in [0, 0.05) is 44.6 Å². The summed E-state index contributed by atoms with van der Waals surface area (Å²) in [7, 11) is 3.45. The van der Waals surface area contributed by atoms with Crippen molar-refractivity contribution in [2.45, 2.75) is 94.7 Å². The third kappa shape index (κ3) is 9.67. The lowest BCUT2D eigenvalue weighted by Gasteiger charge is -2.59. The van der Waals surface area contributed by atoms with Crippen molar-refractivity contribution in [2.24, 2.45) is 22.9 Å². The molecule has 7 unspecified atom stereocenters. The summed E-state index contributed by atoms with van der Waals surface area (Å²) in [5.74, 6) is 0.841. The molecular formula is C52H62N2O9. The number of hydrogen-bond acceptors (Lipinski definition) is 10. The smallest absolute Gasteiger partial charge is 0.239 e. The Labute approximate surface area is 371 Å². The number of likely N-dealkylation sites (N-methyl/N-ethyl adjacent to an activating group) is 1. The van der Waals surface area contributed by atoms with Crippen molar-refractivity contribution >= 4 is 22.4 Å². The molecule has 2 heterocycles. The van der Waals surface area contributed by atoms with E-state index >= 15 is 0 Å². The Kier molecular flexibility index (Phi) is 14.5. The number of carbonyl (C=O) groups is 1. The van der Waals surface area contributed by atoms with E-state index in [2.05, 4.69) is 43.0 Å². The minimum atomic E-state index is -1.36. The molecule has 334 valence electrons. The fourth-order valence-corrected chi connectivity index (χ4v) is 10.3. The van der Waals surface area contributed by atoms with Crippen molar-refractivity contribution in [3.8, 4) is 23.0 Å². The average molecular weight is 859 g/mol. The minimum absolute atomic E-state index is 0.0784. The van der Waals surface area contributed by atoms with Crippen LogP contribution >= 0.6 is 0 Å². The molecule has 63 heavy (non-hydrogen) atoms. The lowest BCUT2D eigenvalue weighted by Crippen LogP contribution is -2.69. The number of amides is 1. The second-order valence-electron chi connectivity index (χ2n) is 17.3. The molecule has 0 spiro atoms. The summed E-state index contributed by atoms with van der Waals surface area (Å²) >= 11 is 0. The number of aliphatic hydroxyl groups excluding tert-OH is 2. The summed E-state index contributed by atoms with van der Waals surface area (Å²) in [4.78, 5) is 22.7. The highest BCUT2D eigenvalue weighted by molar-refractivity contribution is 6.03. The number of benzene rings is 4. The molecule has 1 saturated carbocycles. The van der Waals surface area contributed by atoms with Gasteiger partial charge in [-0.05, 0) is 115 Å². The van der Waals surface area contributed by atoms with Crippen LogP contribution in [0.4, 0.5) is 0 Å². The molecule has 11 heteroatoms. The first-order valence-electron chi connectivity index (χ1n) is 22.8. The van der Waals surface area contributed by atoms with Gasteiger partial charge in [0.1, 0.15) is 29.0 Å². The zero-order valence-electron chi connectivity index (χ0n) is 36.7. The molecule has 0 aromatic heterocycles. The molecule has 4 aliphatic rings. The van der Waals surface area contributed by atoms with Gasteiger partial charge in [-0.15, -0.1) is 6.58 Å². The molecule has 2 aliphatic heterocycles. The summed E-state index contributed by atoms with van der Waals surface area (Å²) in [5.41, 5.74) is 3.53. The van der Waals surface area contributed by atoms with Gasteiger partial charge in [0.05, 0.1) is 38.4 Å². The Morgan fingerprint density at radius 1 is 0.921 bits per heavy atom. The normalized spacial score (nSPS) is 25.6. The van der Waals surface area contributed by atoms with Gasteiger partial charge in [0.15, 0.2) is 0 Å². The third-order valence-corrected chi connectivity index (χ3v) is 13.4. The van der Waals surface area contributed by atoms with Crippen LogP contribution in [-0.2, 0) is 25.5 Å². The summed E-state index contributed by atoms with van der Waals surface area (Å²) in [5, 5.41) is 27.1. The molecule has 4 aromatic carbocycles. The molecule has 0 radical (unpaired) electrons. The first kappa shape index (κ1) is 44.4. The van der Waals surface area contributed by atoms with E-state index in [0.717, 1.165) is 83.9 Å². The molecule has 1 saturated heterocycles. The van der Waals surface area contributed by atoms with Gasteiger partial charge in [0.2, 0.25) is 18.0 Å². The monoisotopic (exact) mass is 858 g/mol. The van der Waals surface area contributed by atoms with Crippen LogP contribution < -0.4 is 14.2 Å². The summed E-state index contributed by atoms with van der Waals surface area (Å²) in [6, 6.07) is 27.3. The second kappa shape index (κ2) is 20.5. The zero-order chi connectivity index (χ0) is 43.8. The Balaban J connectivity index is 1.28. The van der Waals surface area contributed by atoms with E-state index in [4.69, 9.17) is 33.7 Å². The van der Waals surface area contributed by atoms with Crippen LogP contribution in [-0.4, -0.2) is 85.4 Å². The Bertz CT molecular complexity index is 2270. The van der Waals surface area contributed by atoms with E-state index in [1.54, 1.807) is 18.1 Å². The summed E-state index contributed by atoms with van der Waals surface area (Å²) in [6.07, 6.45) is 11.5. The number of aliphatic hydroxyl groups is 2. The predicted molar refractivity (Wildman–Crippen MR) is 243 cm³/mol. The molecule has 0 bridgehead atoms. The number of rotatable bonds is 19. The number of fused-ring (bicyclic) bond motifs is 3. The first-order chi connectivity index (χ1) is 30.8. The topological polar surface area (TPSA) is 129 Å². The van der Waals surface area contributed by atoms with E-state index in [1.165, 1.54) is 0 Å². The van der Waals surface area contributed by atoms with E-state index in [0.29, 0.717) is 43.1 Å². The van der Waals surface area contributed by atoms with Gasteiger partial charge in [-0.25, -0.2) is 0 Å². The van der Waals surface area contributed by atoms with Gasteiger partial charge in [0.25, 0.3) is 0 Å². The SMILES string of the molecule is C=CCOC12Oc3ccc(Oc4ccc5ccccc5c4)cc3C3C(CCCCO)C(CCCCO)C=C(C(=NOC4CCCCO4)CC1N(C)C(=O)Cc1cccc(OC)c1)C32. The van der Waals surface area contributed by atoms with Crippen molar-refractivity contribution in [3.63, 3.8) is 0 Å². The average Bonchev–Trinajstić information content (AvgIpc) is 3.31. The molecule has 8 rings (SSSR count). The number of hydrogen-bond donors (Lipinski definition) is 2. The van der Waals surface area contributed by atoms with Gasteiger partial charge >= 0.3 is 0 Å². The number of carbonyl (C=O) groups excluding carboxylic acids is 1. The van der Waals surface area contributed by atoms with Gasteiger partial charge in [-0.2, -0.15) is 0 Å². The molecule has 2 fully saturated rings. The number of allylic oxidation sites excluding steroid dienone is 1. The van der Waals surface area contributed by atoms with Crippen LogP contribution in [0.25, 0.3) is 10.8 Å². The predicted octanol–water partition coefficient (Wildman–Crippen LogP) is 9.50. The summed E-state index contributed by atoms with van der Waals surface area (Å²) in [6.45, 7) is 5.07. The Morgan fingerprint density at radius 2 is 1.71 bits per heavy atom. The quantitative estimate of drug-likeness (QED) is 0.0539. The van der Waals surface area contributed by atoms with Crippen molar-refractivity contribution in [1.29, 1.82) is 0 Å². The van der Waals surface area contributed by atoms with Gasteiger partial charge < -0.3 is 43.6 Å². The highest BCUT2D eigenvalue weighted by Gasteiger charge is 2.65. The van der Waals surface area contributed by atoms with E-state index in [-0.39, 0.29) is 49.9 Å². The molecule has 4 aromatic rings.